The third-order valence-corrected chi connectivity index (χ3v) is 3.20. The number of rotatable bonds is 6. The molecule has 1 aliphatic rings. The minimum Gasteiger partial charge on any atom is -0.490 e. The Morgan fingerprint density at radius 2 is 2.15 bits per heavy atom. The second kappa shape index (κ2) is 6.57. The molecule has 0 spiro atoms. The molecule has 1 aliphatic heterocycles. The van der Waals surface area contributed by atoms with Crippen LogP contribution >= 0.6 is 0 Å². The van der Waals surface area contributed by atoms with Crippen molar-refractivity contribution in [2.45, 2.75) is 20.0 Å². The maximum absolute atomic E-state index is 11.9. The minimum absolute atomic E-state index is 0.0293. The van der Waals surface area contributed by atoms with Crippen LogP contribution in [0.15, 0.2) is 36.9 Å². The fourth-order valence-electron chi connectivity index (χ4n) is 2.34. The van der Waals surface area contributed by atoms with E-state index in [1.165, 1.54) is 0 Å². The van der Waals surface area contributed by atoms with Gasteiger partial charge in [-0.3, -0.25) is 10.1 Å². The number of hydrogen-bond acceptors (Lipinski definition) is 3. The van der Waals surface area contributed by atoms with Crippen molar-refractivity contribution in [3.8, 4) is 5.75 Å². The Morgan fingerprint density at radius 3 is 2.75 bits per heavy atom. The molecule has 20 heavy (non-hydrogen) atoms. The maximum atomic E-state index is 11.9. The van der Waals surface area contributed by atoms with Crippen molar-refractivity contribution >= 4 is 5.91 Å². The van der Waals surface area contributed by atoms with Gasteiger partial charge in [0.1, 0.15) is 18.5 Å². The van der Waals surface area contributed by atoms with E-state index in [1.54, 1.807) is 6.08 Å². The lowest BCUT2D eigenvalue weighted by Crippen LogP contribution is -2.33. The molecule has 1 aromatic carbocycles. The summed E-state index contributed by atoms with van der Waals surface area (Å²) in [6.07, 6.45) is 1.69. The Morgan fingerprint density at radius 1 is 1.45 bits per heavy atom. The molecule has 1 amide bonds. The molecule has 2 rings (SSSR count). The van der Waals surface area contributed by atoms with E-state index in [0.29, 0.717) is 19.1 Å². The van der Waals surface area contributed by atoms with Gasteiger partial charge in [-0.25, -0.2) is 0 Å². The molecule has 1 N–H and O–H groups in total. The first-order chi connectivity index (χ1) is 9.61. The molecular weight excluding hydrogens is 252 g/mol. The van der Waals surface area contributed by atoms with E-state index in [-0.39, 0.29) is 12.1 Å². The number of ether oxygens (including phenoxy) is 1. The molecule has 4 nitrogen and oxygen atoms in total. The smallest absolute Gasteiger partial charge is 0.238 e. The Hall–Kier alpha value is -1.81. The average molecular weight is 274 g/mol. The quantitative estimate of drug-likeness (QED) is 0.810. The molecule has 0 radical (unpaired) electrons. The molecule has 0 bridgehead atoms. The van der Waals surface area contributed by atoms with Gasteiger partial charge in [0.05, 0.1) is 6.54 Å². The van der Waals surface area contributed by atoms with Crippen LogP contribution in [0.3, 0.4) is 0 Å². The number of nitrogens with zero attached hydrogens (tertiary/aromatic N) is 1. The molecular formula is C16H22N2O2. The molecule has 0 saturated carbocycles. The van der Waals surface area contributed by atoms with E-state index >= 15 is 0 Å². The topological polar surface area (TPSA) is 41.6 Å². The first kappa shape index (κ1) is 14.6. The van der Waals surface area contributed by atoms with Crippen LogP contribution in [-0.4, -0.2) is 30.5 Å². The summed E-state index contributed by atoms with van der Waals surface area (Å²) in [5, 5.41) is 3.26. The molecule has 0 aliphatic carbocycles. The Balaban J connectivity index is 2.09. The molecule has 1 heterocycles. The average Bonchev–Trinajstić information content (AvgIpc) is 2.78. The lowest BCUT2D eigenvalue weighted by atomic mass is 10.1. The Bertz CT molecular complexity index is 468. The van der Waals surface area contributed by atoms with Crippen LogP contribution in [0.25, 0.3) is 0 Å². The van der Waals surface area contributed by atoms with Gasteiger partial charge in [0.15, 0.2) is 0 Å². The SMILES string of the molecule is C=CCOc1ccc(C2NCC(=O)N2CC(C)C)cc1. The number of carbonyl (C=O) groups excluding carboxylic acids is 1. The van der Waals surface area contributed by atoms with Crippen LogP contribution < -0.4 is 10.1 Å². The van der Waals surface area contributed by atoms with Crippen LogP contribution in [0.5, 0.6) is 5.75 Å². The van der Waals surface area contributed by atoms with E-state index < -0.39 is 0 Å². The summed E-state index contributed by atoms with van der Waals surface area (Å²) in [7, 11) is 0. The standard InChI is InChI=1S/C16H22N2O2/c1-4-9-20-14-7-5-13(6-8-14)16-17-10-15(19)18(16)11-12(2)3/h4-8,12,16-17H,1,9-11H2,2-3H3. The molecule has 4 heteroatoms. The van der Waals surface area contributed by atoms with Crippen LogP contribution in [0, 0.1) is 5.92 Å². The van der Waals surface area contributed by atoms with Crippen LogP contribution in [0.2, 0.25) is 0 Å². The molecule has 1 fully saturated rings. The lowest BCUT2D eigenvalue weighted by Gasteiger charge is -2.26. The van der Waals surface area contributed by atoms with Crippen LogP contribution in [0.1, 0.15) is 25.6 Å². The summed E-state index contributed by atoms with van der Waals surface area (Å²) >= 11 is 0. The number of hydrogen-bond donors (Lipinski definition) is 1. The van der Waals surface area contributed by atoms with Gasteiger partial charge in [0, 0.05) is 6.54 Å². The van der Waals surface area contributed by atoms with Gasteiger partial charge in [-0.05, 0) is 23.6 Å². The van der Waals surface area contributed by atoms with E-state index in [0.717, 1.165) is 17.9 Å². The molecule has 1 aromatic rings. The summed E-state index contributed by atoms with van der Waals surface area (Å²) in [5.41, 5.74) is 1.09. The zero-order chi connectivity index (χ0) is 14.5. The number of benzene rings is 1. The normalized spacial score (nSPS) is 18.6. The first-order valence-electron chi connectivity index (χ1n) is 6.98. The van der Waals surface area contributed by atoms with E-state index in [9.17, 15) is 4.79 Å². The van der Waals surface area contributed by atoms with Gasteiger partial charge >= 0.3 is 0 Å². The first-order valence-corrected chi connectivity index (χ1v) is 6.98. The zero-order valence-electron chi connectivity index (χ0n) is 12.1. The number of nitrogens with one attached hydrogen (secondary N) is 1. The maximum Gasteiger partial charge on any atom is 0.238 e. The minimum atomic E-state index is -0.0293. The highest BCUT2D eigenvalue weighted by molar-refractivity contribution is 5.81. The Kier molecular flexibility index (Phi) is 4.79. The molecule has 0 aromatic heterocycles. The monoisotopic (exact) mass is 274 g/mol. The fraction of sp³-hybridized carbons (Fsp3) is 0.438. The van der Waals surface area contributed by atoms with E-state index in [2.05, 4.69) is 25.7 Å². The fourth-order valence-corrected chi connectivity index (χ4v) is 2.34. The van der Waals surface area contributed by atoms with Crippen molar-refractivity contribution < 1.29 is 9.53 Å². The predicted octanol–water partition coefficient (Wildman–Crippen LogP) is 2.34. The van der Waals surface area contributed by atoms with Crippen molar-refractivity contribution in [2.75, 3.05) is 19.7 Å². The molecule has 108 valence electrons. The third-order valence-electron chi connectivity index (χ3n) is 3.20. The van der Waals surface area contributed by atoms with Crippen LogP contribution in [0.4, 0.5) is 0 Å². The highest BCUT2D eigenvalue weighted by atomic mass is 16.5. The summed E-state index contributed by atoms with van der Waals surface area (Å²) < 4.78 is 5.47. The van der Waals surface area contributed by atoms with Gasteiger partial charge < -0.3 is 9.64 Å². The van der Waals surface area contributed by atoms with Gasteiger partial charge in [-0.2, -0.15) is 0 Å². The van der Waals surface area contributed by atoms with Crippen LogP contribution in [-0.2, 0) is 4.79 Å². The van der Waals surface area contributed by atoms with E-state index in [4.69, 9.17) is 4.74 Å². The highest BCUT2D eigenvalue weighted by Gasteiger charge is 2.31. The third kappa shape index (κ3) is 3.39. The second-order valence-electron chi connectivity index (χ2n) is 5.39. The van der Waals surface area contributed by atoms with Crippen molar-refractivity contribution in [1.82, 2.24) is 10.2 Å². The van der Waals surface area contributed by atoms with Crippen molar-refractivity contribution in [3.63, 3.8) is 0 Å². The number of carbonyl (C=O) groups is 1. The van der Waals surface area contributed by atoms with Crippen molar-refractivity contribution in [2.24, 2.45) is 5.92 Å². The van der Waals surface area contributed by atoms with Gasteiger partial charge in [-0.15, -0.1) is 0 Å². The van der Waals surface area contributed by atoms with Gasteiger partial charge in [0.25, 0.3) is 0 Å². The summed E-state index contributed by atoms with van der Waals surface area (Å²) in [5.74, 6) is 1.43. The van der Waals surface area contributed by atoms with Gasteiger partial charge in [0.2, 0.25) is 5.91 Å². The lowest BCUT2D eigenvalue weighted by molar-refractivity contribution is -0.128. The van der Waals surface area contributed by atoms with Crippen molar-refractivity contribution in [3.05, 3.63) is 42.5 Å². The second-order valence-corrected chi connectivity index (χ2v) is 5.39. The predicted molar refractivity (Wildman–Crippen MR) is 79.4 cm³/mol. The number of amides is 1. The summed E-state index contributed by atoms with van der Waals surface area (Å²) in [4.78, 5) is 13.8. The Labute approximate surface area is 120 Å². The highest BCUT2D eigenvalue weighted by Crippen LogP contribution is 2.25. The molecule has 1 unspecified atom stereocenters. The van der Waals surface area contributed by atoms with Gasteiger partial charge in [-0.1, -0.05) is 38.6 Å². The largest absolute Gasteiger partial charge is 0.490 e. The summed E-state index contributed by atoms with van der Waals surface area (Å²) in [6.45, 7) is 9.54. The zero-order valence-corrected chi connectivity index (χ0v) is 12.1. The summed E-state index contributed by atoms with van der Waals surface area (Å²) in [6, 6.07) is 7.86. The molecule has 1 atom stereocenters. The van der Waals surface area contributed by atoms with E-state index in [1.807, 2.05) is 29.2 Å². The molecule has 1 saturated heterocycles. The van der Waals surface area contributed by atoms with Crippen molar-refractivity contribution in [1.29, 1.82) is 0 Å².